The highest BCUT2D eigenvalue weighted by molar-refractivity contribution is 5.19. The van der Waals surface area contributed by atoms with E-state index in [0.29, 0.717) is 5.92 Å². The molecular weight excluding hydrogens is 234 g/mol. The second-order valence-electron chi connectivity index (χ2n) is 6.11. The number of hydrogen-bond acceptors (Lipinski definition) is 2. The molecule has 0 aliphatic carbocycles. The van der Waals surface area contributed by atoms with Crippen LogP contribution in [0.1, 0.15) is 32.6 Å². The number of allylic oxidation sites excluding steroid dienone is 5. The maximum absolute atomic E-state index is 6.16. The van der Waals surface area contributed by atoms with Gasteiger partial charge in [0.05, 0.1) is 12.2 Å². The van der Waals surface area contributed by atoms with E-state index in [9.17, 15) is 0 Å². The summed E-state index contributed by atoms with van der Waals surface area (Å²) in [4.78, 5) is 2.40. The highest BCUT2D eigenvalue weighted by atomic mass is 16.5. The van der Waals surface area contributed by atoms with Gasteiger partial charge in [-0.15, -0.1) is 0 Å². The second-order valence-corrected chi connectivity index (χ2v) is 6.11. The molecule has 0 aromatic rings. The number of rotatable bonds is 4. The van der Waals surface area contributed by atoms with Gasteiger partial charge in [0.15, 0.2) is 0 Å². The van der Waals surface area contributed by atoms with E-state index in [-0.39, 0.29) is 5.60 Å². The Bertz CT molecular complexity index is 361. The number of ether oxygens (including phenoxy) is 1. The number of likely N-dealkylation sites (tertiary alicyclic amines) is 1. The van der Waals surface area contributed by atoms with Gasteiger partial charge in [0, 0.05) is 13.1 Å². The van der Waals surface area contributed by atoms with Gasteiger partial charge in [0.25, 0.3) is 0 Å². The van der Waals surface area contributed by atoms with Crippen LogP contribution < -0.4 is 0 Å². The maximum Gasteiger partial charge on any atom is 0.0710 e. The van der Waals surface area contributed by atoms with Crippen LogP contribution in [0.3, 0.4) is 0 Å². The van der Waals surface area contributed by atoms with Crippen LogP contribution in [0.2, 0.25) is 0 Å². The molecule has 0 amide bonds. The molecule has 0 bridgehead atoms. The van der Waals surface area contributed by atoms with Crippen LogP contribution in [0.5, 0.6) is 0 Å². The van der Waals surface area contributed by atoms with Gasteiger partial charge in [-0.3, -0.25) is 0 Å². The van der Waals surface area contributed by atoms with Crippen molar-refractivity contribution in [3.63, 3.8) is 0 Å². The van der Waals surface area contributed by atoms with Crippen LogP contribution >= 0.6 is 0 Å². The first-order valence-corrected chi connectivity index (χ1v) is 7.43. The molecular formula is C17H27NO. The number of piperidine rings is 1. The Balaban J connectivity index is 1.80. The number of hydrogen-bond donors (Lipinski definition) is 0. The second kappa shape index (κ2) is 6.53. The van der Waals surface area contributed by atoms with Gasteiger partial charge in [-0.25, -0.2) is 0 Å². The van der Waals surface area contributed by atoms with E-state index in [1.165, 1.54) is 37.9 Å². The summed E-state index contributed by atoms with van der Waals surface area (Å²) < 4.78 is 6.16. The van der Waals surface area contributed by atoms with E-state index in [1.54, 1.807) is 0 Å². The lowest BCUT2D eigenvalue weighted by atomic mass is 9.84. The fraction of sp³-hybridized carbons (Fsp3) is 0.647. The summed E-state index contributed by atoms with van der Waals surface area (Å²) in [6, 6.07) is 0. The summed E-state index contributed by atoms with van der Waals surface area (Å²) in [5, 5.41) is 0. The van der Waals surface area contributed by atoms with Gasteiger partial charge in [0.2, 0.25) is 0 Å². The predicted molar refractivity (Wildman–Crippen MR) is 81.2 cm³/mol. The third-order valence-electron chi connectivity index (χ3n) is 4.37. The molecule has 2 heteroatoms. The first kappa shape index (κ1) is 14.5. The third-order valence-corrected chi connectivity index (χ3v) is 4.37. The molecule has 2 saturated heterocycles. The fourth-order valence-corrected chi connectivity index (χ4v) is 3.19. The predicted octanol–water partition coefficient (Wildman–Crippen LogP) is 3.57. The lowest BCUT2D eigenvalue weighted by Gasteiger charge is -2.37. The largest absolute Gasteiger partial charge is 0.375 e. The van der Waals surface area contributed by atoms with Crippen molar-refractivity contribution in [2.75, 3.05) is 26.7 Å². The minimum atomic E-state index is 0.185. The Morgan fingerprint density at radius 1 is 1.37 bits per heavy atom. The van der Waals surface area contributed by atoms with Crippen LogP contribution in [-0.4, -0.2) is 37.2 Å². The van der Waals surface area contributed by atoms with Crippen LogP contribution in [0.15, 0.2) is 36.5 Å². The van der Waals surface area contributed by atoms with Gasteiger partial charge in [0.1, 0.15) is 0 Å². The van der Waals surface area contributed by atoms with Crippen molar-refractivity contribution < 1.29 is 4.74 Å². The number of nitrogens with zero attached hydrogens (tertiary/aromatic N) is 1. The first-order chi connectivity index (χ1) is 9.13. The van der Waals surface area contributed by atoms with Crippen molar-refractivity contribution in [1.82, 2.24) is 4.90 Å². The topological polar surface area (TPSA) is 12.5 Å². The summed E-state index contributed by atoms with van der Waals surface area (Å²) in [6.07, 6.45) is 13.0. The quantitative estimate of drug-likeness (QED) is 0.717. The third kappa shape index (κ3) is 4.05. The summed E-state index contributed by atoms with van der Waals surface area (Å²) >= 11 is 0. The summed E-state index contributed by atoms with van der Waals surface area (Å²) in [5.41, 5.74) is 1.40. The lowest BCUT2D eigenvalue weighted by molar-refractivity contribution is -0.0394. The van der Waals surface area contributed by atoms with E-state index in [1.807, 2.05) is 13.0 Å². The Morgan fingerprint density at radius 3 is 2.79 bits per heavy atom. The average Bonchev–Trinajstić information content (AvgIpc) is 2.77. The van der Waals surface area contributed by atoms with Crippen molar-refractivity contribution in [1.29, 1.82) is 0 Å². The molecule has 106 valence electrons. The van der Waals surface area contributed by atoms with E-state index < -0.39 is 0 Å². The zero-order valence-electron chi connectivity index (χ0n) is 12.4. The van der Waals surface area contributed by atoms with E-state index >= 15 is 0 Å². The minimum absolute atomic E-state index is 0.185. The van der Waals surface area contributed by atoms with E-state index in [0.717, 1.165) is 13.0 Å². The summed E-state index contributed by atoms with van der Waals surface area (Å²) in [5.74, 6) is 0.658. The van der Waals surface area contributed by atoms with Crippen molar-refractivity contribution in [3.05, 3.63) is 36.5 Å². The van der Waals surface area contributed by atoms with Crippen molar-refractivity contribution in [2.45, 2.75) is 38.2 Å². The molecule has 0 radical (unpaired) electrons. The molecule has 0 saturated carbocycles. The van der Waals surface area contributed by atoms with E-state index in [2.05, 4.69) is 36.8 Å². The highest BCUT2D eigenvalue weighted by Gasteiger charge is 2.41. The molecule has 1 unspecified atom stereocenters. The Hall–Kier alpha value is -0.860. The van der Waals surface area contributed by atoms with Crippen molar-refractivity contribution >= 4 is 0 Å². The Labute approximate surface area is 117 Å². The van der Waals surface area contributed by atoms with Crippen LogP contribution in [-0.2, 0) is 4.74 Å². The molecule has 2 nitrogen and oxygen atoms in total. The molecule has 0 aromatic heterocycles. The standard InChI is InChI=1S/C17H27NO/c1-4-5-6-7-15(2)12-16-13-17(19-14-16)8-10-18(3)11-9-17/h4-7,16H,2,8-14H2,1,3H3/b5-4-,7-6-. The highest BCUT2D eigenvalue weighted by Crippen LogP contribution is 2.40. The molecule has 19 heavy (non-hydrogen) atoms. The normalized spacial score (nSPS) is 27.8. The lowest BCUT2D eigenvalue weighted by Crippen LogP contribution is -2.42. The van der Waals surface area contributed by atoms with Crippen LogP contribution in [0.4, 0.5) is 0 Å². The molecule has 2 aliphatic heterocycles. The summed E-state index contributed by atoms with van der Waals surface area (Å²) in [6.45, 7) is 9.45. The maximum atomic E-state index is 6.16. The average molecular weight is 261 g/mol. The summed E-state index contributed by atoms with van der Waals surface area (Å²) in [7, 11) is 2.20. The van der Waals surface area contributed by atoms with Crippen LogP contribution in [0.25, 0.3) is 0 Å². The molecule has 0 N–H and O–H groups in total. The van der Waals surface area contributed by atoms with Gasteiger partial charge in [-0.2, -0.15) is 0 Å². The van der Waals surface area contributed by atoms with E-state index in [4.69, 9.17) is 4.74 Å². The molecule has 2 aliphatic rings. The van der Waals surface area contributed by atoms with Gasteiger partial charge in [-0.05, 0) is 45.6 Å². The van der Waals surface area contributed by atoms with Gasteiger partial charge < -0.3 is 9.64 Å². The Morgan fingerprint density at radius 2 is 2.11 bits per heavy atom. The monoisotopic (exact) mass is 261 g/mol. The zero-order chi connectivity index (χ0) is 13.7. The van der Waals surface area contributed by atoms with Gasteiger partial charge >= 0.3 is 0 Å². The molecule has 2 fully saturated rings. The van der Waals surface area contributed by atoms with Crippen LogP contribution in [0, 0.1) is 5.92 Å². The molecule has 1 atom stereocenters. The minimum Gasteiger partial charge on any atom is -0.375 e. The van der Waals surface area contributed by atoms with Crippen molar-refractivity contribution in [2.24, 2.45) is 5.92 Å². The molecule has 2 heterocycles. The zero-order valence-corrected chi connectivity index (χ0v) is 12.4. The smallest absolute Gasteiger partial charge is 0.0710 e. The fourth-order valence-electron chi connectivity index (χ4n) is 3.19. The molecule has 2 rings (SSSR count). The SMILES string of the molecule is C=C(/C=C\C=C/C)CC1COC2(CCN(C)CC2)C1. The Kier molecular flexibility index (Phi) is 5.00. The molecule has 0 aromatic carbocycles. The first-order valence-electron chi connectivity index (χ1n) is 7.43. The van der Waals surface area contributed by atoms with Gasteiger partial charge in [-0.1, -0.05) is 36.5 Å². The van der Waals surface area contributed by atoms with Crippen molar-refractivity contribution in [3.8, 4) is 0 Å². The molecule has 1 spiro atoms.